The number of ketones is 1. The number of carbonyl (C=O) groups is 2. The molecule has 1 aromatic rings. The van der Waals surface area contributed by atoms with Crippen LogP contribution >= 0.6 is 11.3 Å². The number of thiazole rings is 1. The lowest BCUT2D eigenvalue weighted by Gasteiger charge is -2.16. The minimum absolute atomic E-state index is 0.0847. The molecular weight excluding hydrogens is 242 g/mol. The van der Waals surface area contributed by atoms with Crippen molar-refractivity contribution in [2.24, 2.45) is 5.73 Å². The number of likely N-dealkylation sites (N-methyl/N-ethyl adjacent to an activating group) is 1. The molecule has 1 unspecified atom stereocenters. The largest absolute Gasteiger partial charge is 0.394 e. The number of aliphatic hydroxyl groups is 1. The first-order valence-electron chi connectivity index (χ1n) is 5.00. The summed E-state index contributed by atoms with van der Waals surface area (Å²) in [7, 11) is 1.51. The molecule has 0 saturated carbocycles. The van der Waals surface area contributed by atoms with Gasteiger partial charge < -0.3 is 10.8 Å². The van der Waals surface area contributed by atoms with Crippen LogP contribution < -0.4 is 10.6 Å². The van der Waals surface area contributed by atoms with E-state index in [2.05, 4.69) is 4.98 Å². The molecule has 0 radical (unpaired) electrons. The topological polar surface area (TPSA) is 96.5 Å². The van der Waals surface area contributed by atoms with Crippen molar-refractivity contribution in [1.29, 1.82) is 0 Å². The monoisotopic (exact) mass is 257 g/mol. The number of rotatable bonds is 4. The number of hydrogen-bond acceptors (Lipinski definition) is 6. The second kappa shape index (κ2) is 5.35. The molecule has 0 aliphatic heterocycles. The SMILES string of the molecule is CC(=O)c1sc(N(C)C(=O)C(N)CO)nc1C. The summed E-state index contributed by atoms with van der Waals surface area (Å²) in [6.45, 7) is 2.74. The van der Waals surface area contributed by atoms with Gasteiger partial charge in [0, 0.05) is 14.0 Å². The van der Waals surface area contributed by atoms with Gasteiger partial charge in [-0.2, -0.15) is 0 Å². The lowest BCUT2D eigenvalue weighted by molar-refractivity contribution is -0.120. The van der Waals surface area contributed by atoms with Gasteiger partial charge in [-0.25, -0.2) is 4.98 Å². The molecule has 0 aliphatic rings. The highest BCUT2D eigenvalue weighted by molar-refractivity contribution is 7.17. The molecular formula is C10H15N3O3S. The zero-order valence-electron chi connectivity index (χ0n) is 9.93. The molecule has 17 heavy (non-hydrogen) atoms. The Morgan fingerprint density at radius 3 is 2.59 bits per heavy atom. The van der Waals surface area contributed by atoms with Gasteiger partial charge in [-0.1, -0.05) is 11.3 Å². The molecule has 0 spiro atoms. The highest BCUT2D eigenvalue weighted by Crippen LogP contribution is 2.25. The summed E-state index contributed by atoms with van der Waals surface area (Å²) in [6, 6.07) is -0.968. The van der Waals surface area contributed by atoms with Gasteiger partial charge in [-0.15, -0.1) is 0 Å². The average molecular weight is 257 g/mol. The van der Waals surface area contributed by atoms with Crippen LogP contribution in [0.3, 0.4) is 0 Å². The number of aryl methyl sites for hydroxylation is 1. The molecule has 0 fully saturated rings. The summed E-state index contributed by atoms with van der Waals surface area (Å²) in [6.07, 6.45) is 0. The lowest BCUT2D eigenvalue weighted by Crippen LogP contribution is -2.44. The number of amides is 1. The van der Waals surface area contributed by atoms with E-state index in [0.717, 1.165) is 11.3 Å². The van der Waals surface area contributed by atoms with Crippen LogP contribution in [0.4, 0.5) is 5.13 Å². The molecule has 1 heterocycles. The van der Waals surface area contributed by atoms with E-state index in [9.17, 15) is 9.59 Å². The Hall–Kier alpha value is -1.31. The van der Waals surface area contributed by atoms with E-state index in [-0.39, 0.29) is 5.78 Å². The summed E-state index contributed by atoms with van der Waals surface area (Å²) in [5.74, 6) is -0.519. The first kappa shape index (κ1) is 13.8. The van der Waals surface area contributed by atoms with Crippen molar-refractivity contribution in [2.75, 3.05) is 18.6 Å². The number of aromatic nitrogens is 1. The fourth-order valence-corrected chi connectivity index (χ4v) is 2.20. The van der Waals surface area contributed by atoms with Gasteiger partial charge in [-0.3, -0.25) is 14.5 Å². The third-order valence-electron chi connectivity index (χ3n) is 2.24. The second-order valence-corrected chi connectivity index (χ2v) is 4.63. The quantitative estimate of drug-likeness (QED) is 0.736. The predicted molar refractivity (Wildman–Crippen MR) is 65.3 cm³/mol. The predicted octanol–water partition coefficient (Wildman–Crippen LogP) is -0.0635. The van der Waals surface area contributed by atoms with Gasteiger partial charge in [0.15, 0.2) is 10.9 Å². The van der Waals surface area contributed by atoms with Crippen LogP contribution in [-0.2, 0) is 4.79 Å². The van der Waals surface area contributed by atoms with Crippen LogP contribution in [0.25, 0.3) is 0 Å². The molecule has 6 nitrogen and oxygen atoms in total. The Bertz CT molecular complexity index is 444. The fraction of sp³-hybridized carbons (Fsp3) is 0.500. The van der Waals surface area contributed by atoms with Gasteiger partial charge >= 0.3 is 0 Å². The summed E-state index contributed by atoms with van der Waals surface area (Å²) >= 11 is 1.14. The van der Waals surface area contributed by atoms with Crippen LogP contribution in [0.15, 0.2) is 0 Å². The van der Waals surface area contributed by atoms with E-state index < -0.39 is 18.6 Å². The number of hydrogen-bond donors (Lipinski definition) is 2. The highest BCUT2D eigenvalue weighted by Gasteiger charge is 2.22. The molecule has 3 N–H and O–H groups in total. The molecule has 94 valence electrons. The maximum absolute atomic E-state index is 11.7. The van der Waals surface area contributed by atoms with Crippen molar-refractivity contribution in [3.8, 4) is 0 Å². The van der Waals surface area contributed by atoms with Crippen LogP contribution in [0.5, 0.6) is 0 Å². The zero-order chi connectivity index (χ0) is 13.2. The maximum Gasteiger partial charge on any atom is 0.247 e. The zero-order valence-corrected chi connectivity index (χ0v) is 10.7. The summed E-state index contributed by atoms with van der Waals surface area (Å²) < 4.78 is 0. The van der Waals surface area contributed by atoms with Crippen molar-refractivity contribution in [2.45, 2.75) is 19.9 Å². The average Bonchev–Trinajstić information content (AvgIpc) is 2.68. The Balaban J connectivity index is 2.97. The molecule has 7 heteroatoms. The number of nitrogens with zero attached hydrogens (tertiary/aromatic N) is 2. The van der Waals surface area contributed by atoms with Crippen molar-refractivity contribution < 1.29 is 14.7 Å². The van der Waals surface area contributed by atoms with Crippen molar-refractivity contribution in [3.05, 3.63) is 10.6 Å². The maximum atomic E-state index is 11.7. The van der Waals surface area contributed by atoms with Gasteiger partial charge in [0.2, 0.25) is 5.91 Å². The van der Waals surface area contributed by atoms with E-state index in [0.29, 0.717) is 15.7 Å². The van der Waals surface area contributed by atoms with Crippen LogP contribution in [0, 0.1) is 6.92 Å². The van der Waals surface area contributed by atoms with Gasteiger partial charge in [0.25, 0.3) is 0 Å². The number of Topliss-reactive ketones (excluding diaryl/α,β-unsaturated/α-hetero) is 1. The Labute approximate surface area is 103 Å². The molecule has 1 amide bonds. The third-order valence-corrected chi connectivity index (χ3v) is 3.57. The normalized spacial score (nSPS) is 12.3. The summed E-state index contributed by atoms with van der Waals surface area (Å²) in [5, 5.41) is 9.21. The van der Waals surface area contributed by atoms with E-state index in [1.165, 1.54) is 18.9 Å². The molecule has 1 aromatic heterocycles. The number of carbonyl (C=O) groups excluding carboxylic acids is 2. The minimum Gasteiger partial charge on any atom is -0.394 e. The van der Waals surface area contributed by atoms with Crippen LogP contribution in [-0.4, -0.2) is 41.5 Å². The minimum atomic E-state index is -0.968. The van der Waals surface area contributed by atoms with Crippen LogP contribution in [0.1, 0.15) is 22.3 Å². The number of aliphatic hydroxyl groups excluding tert-OH is 1. The Morgan fingerprint density at radius 1 is 1.59 bits per heavy atom. The Kier molecular flexibility index (Phi) is 4.33. The van der Waals surface area contributed by atoms with Gasteiger partial charge in [0.1, 0.15) is 6.04 Å². The summed E-state index contributed by atoms with van der Waals surface area (Å²) in [5.41, 5.74) is 6.02. The van der Waals surface area contributed by atoms with Crippen molar-refractivity contribution in [1.82, 2.24) is 4.98 Å². The van der Waals surface area contributed by atoms with E-state index in [1.807, 2.05) is 0 Å². The lowest BCUT2D eigenvalue weighted by atomic mass is 10.3. The van der Waals surface area contributed by atoms with E-state index in [4.69, 9.17) is 10.8 Å². The van der Waals surface area contributed by atoms with E-state index >= 15 is 0 Å². The van der Waals surface area contributed by atoms with Crippen LogP contribution in [0.2, 0.25) is 0 Å². The highest BCUT2D eigenvalue weighted by atomic mass is 32.1. The summed E-state index contributed by atoms with van der Waals surface area (Å²) in [4.78, 5) is 28.9. The van der Waals surface area contributed by atoms with Gasteiger partial charge in [-0.05, 0) is 6.92 Å². The molecule has 0 saturated heterocycles. The molecule has 1 rings (SSSR count). The van der Waals surface area contributed by atoms with Gasteiger partial charge in [0.05, 0.1) is 17.2 Å². The fourth-order valence-electron chi connectivity index (χ4n) is 1.27. The molecule has 1 atom stereocenters. The third kappa shape index (κ3) is 2.87. The van der Waals surface area contributed by atoms with E-state index in [1.54, 1.807) is 6.92 Å². The first-order valence-corrected chi connectivity index (χ1v) is 5.82. The smallest absolute Gasteiger partial charge is 0.247 e. The number of nitrogens with two attached hydrogens (primary N) is 1. The second-order valence-electron chi connectivity index (χ2n) is 3.65. The molecule has 0 aromatic carbocycles. The standard InChI is InChI=1S/C10H15N3O3S/c1-5-8(6(2)15)17-10(12-5)13(3)9(16)7(11)4-14/h7,14H,4,11H2,1-3H3. The molecule has 0 bridgehead atoms. The first-order chi connectivity index (χ1) is 7.88. The molecule has 0 aliphatic carbocycles. The van der Waals surface area contributed by atoms with Crippen molar-refractivity contribution >= 4 is 28.2 Å². The Morgan fingerprint density at radius 2 is 2.18 bits per heavy atom. The number of anilines is 1. The van der Waals surface area contributed by atoms with Crippen molar-refractivity contribution in [3.63, 3.8) is 0 Å².